The van der Waals surface area contributed by atoms with Gasteiger partial charge in [-0.05, 0) is 38.3 Å². The molecule has 3 nitrogen and oxygen atoms in total. The zero-order chi connectivity index (χ0) is 8.93. The van der Waals surface area contributed by atoms with Crippen LogP contribution in [0, 0.1) is 5.92 Å². The van der Waals surface area contributed by atoms with Crippen molar-refractivity contribution in [2.24, 2.45) is 5.92 Å². The first kappa shape index (κ1) is 8.75. The highest BCUT2D eigenvalue weighted by Crippen LogP contribution is 2.27. The van der Waals surface area contributed by atoms with Crippen LogP contribution in [0.25, 0.3) is 0 Å². The Hall–Kier alpha value is -0.830. The molecule has 1 fully saturated rings. The van der Waals surface area contributed by atoms with Crippen LogP contribution in [0.5, 0.6) is 0 Å². The summed E-state index contributed by atoms with van der Waals surface area (Å²) in [6.45, 7) is 2.34. The number of nitrogens with one attached hydrogen (secondary N) is 2. The van der Waals surface area contributed by atoms with Gasteiger partial charge >= 0.3 is 0 Å². The van der Waals surface area contributed by atoms with E-state index in [1.165, 1.54) is 25.8 Å². The number of H-pyrrole nitrogens is 1. The summed E-state index contributed by atoms with van der Waals surface area (Å²) in [4.78, 5) is 7.29. The fraction of sp³-hybridized carbons (Fsp3) is 0.700. The Morgan fingerprint density at radius 3 is 3.15 bits per heavy atom. The van der Waals surface area contributed by atoms with Crippen LogP contribution in [0.3, 0.4) is 0 Å². The number of hydrogen-bond acceptors (Lipinski definition) is 2. The molecule has 1 aromatic rings. The topological polar surface area (TPSA) is 40.7 Å². The second-order valence-corrected chi connectivity index (χ2v) is 3.79. The molecule has 0 bridgehead atoms. The van der Waals surface area contributed by atoms with Crippen molar-refractivity contribution in [1.29, 1.82) is 0 Å². The molecule has 1 aliphatic carbocycles. The van der Waals surface area contributed by atoms with E-state index >= 15 is 0 Å². The van der Waals surface area contributed by atoms with Crippen molar-refractivity contribution < 1.29 is 0 Å². The lowest BCUT2D eigenvalue weighted by molar-refractivity contribution is 0.608. The smallest absolute Gasteiger partial charge is 0.106 e. The quantitative estimate of drug-likeness (QED) is 0.647. The average molecular weight is 179 g/mol. The molecule has 1 saturated carbocycles. The number of aromatic amines is 1. The SMILES string of the molecule is c1c[nH]c(CCCNCC2CC2)n1. The third-order valence-corrected chi connectivity index (χ3v) is 2.45. The number of aryl methyl sites for hydroxylation is 1. The lowest BCUT2D eigenvalue weighted by Gasteiger charge is -2.01. The van der Waals surface area contributed by atoms with Crippen LogP contribution in [-0.4, -0.2) is 23.1 Å². The van der Waals surface area contributed by atoms with E-state index in [1.807, 2.05) is 12.4 Å². The molecule has 0 amide bonds. The molecule has 72 valence electrons. The highest BCUT2D eigenvalue weighted by Gasteiger charge is 2.19. The lowest BCUT2D eigenvalue weighted by Crippen LogP contribution is -2.18. The number of nitrogens with zero attached hydrogens (tertiary/aromatic N) is 1. The number of hydrogen-bond donors (Lipinski definition) is 2. The molecule has 2 rings (SSSR count). The second-order valence-electron chi connectivity index (χ2n) is 3.79. The fourth-order valence-electron chi connectivity index (χ4n) is 1.44. The molecule has 0 aromatic carbocycles. The third-order valence-electron chi connectivity index (χ3n) is 2.45. The molecule has 0 atom stereocenters. The second kappa shape index (κ2) is 4.42. The summed E-state index contributed by atoms with van der Waals surface area (Å²) in [7, 11) is 0. The molecule has 0 saturated heterocycles. The summed E-state index contributed by atoms with van der Waals surface area (Å²) in [6.07, 6.45) is 8.81. The lowest BCUT2D eigenvalue weighted by atomic mass is 10.3. The van der Waals surface area contributed by atoms with Gasteiger partial charge in [-0.2, -0.15) is 0 Å². The van der Waals surface area contributed by atoms with Crippen LogP contribution in [0.4, 0.5) is 0 Å². The van der Waals surface area contributed by atoms with Gasteiger partial charge in [-0.1, -0.05) is 0 Å². The summed E-state index contributed by atoms with van der Waals surface area (Å²) in [5.74, 6) is 2.09. The van der Waals surface area contributed by atoms with Crippen molar-refractivity contribution in [1.82, 2.24) is 15.3 Å². The highest BCUT2D eigenvalue weighted by atomic mass is 14.9. The maximum absolute atomic E-state index is 4.18. The van der Waals surface area contributed by atoms with E-state index in [0.717, 1.165) is 24.7 Å². The van der Waals surface area contributed by atoms with Crippen LogP contribution < -0.4 is 5.32 Å². The number of imidazole rings is 1. The fourth-order valence-corrected chi connectivity index (χ4v) is 1.44. The van der Waals surface area contributed by atoms with Gasteiger partial charge in [0.25, 0.3) is 0 Å². The van der Waals surface area contributed by atoms with Gasteiger partial charge < -0.3 is 10.3 Å². The van der Waals surface area contributed by atoms with Gasteiger partial charge in [0.05, 0.1) is 0 Å². The number of rotatable bonds is 6. The largest absolute Gasteiger partial charge is 0.349 e. The summed E-state index contributed by atoms with van der Waals surface area (Å²) >= 11 is 0. The molecular weight excluding hydrogens is 162 g/mol. The van der Waals surface area contributed by atoms with E-state index in [1.54, 1.807) is 0 Å². The Bertz CT molecular complexity index is 226. The molecule has 0 radical (unpaired) electrons. The van der Waals surface area contributed by atoms with Crippen molar-refractivity contribution in [2.45, 2.75) is 25.7 Å². The van der Waals surface area contributed by atoms with Crippen LogP contribution in [-0.2, 0) is 6.42 Å². The first-order valence-electron chi connectivity index (χ1n) is 5.14. The maximum Gasteiger partial charge on any atom is 0.106 e. The van der Waals surface area contributed by atoms with Gasteiger partial charge in [0.2, 0.25) is 0 Å². The minimum Gasteiger partial charge on any atom is -0.349 e. The average Bonchev–Trinajstić information content (AvgIpc) is 2.81. The monoisotopic (exact) mass is 179 g/mol. The first-order chi connectivity index (χ1) is 6.45. The normalized spacial score (nSPS) is 16.3. The molecule has 1 aromatic heterocycles. The Kier molecular flexibility index (Phi) is 2.98. The van der Waals surface area contributed by atoms with E-state index in [0.29, 0.717) is 0 Å². The minimum absolute atomic E-state index is 0.989. The predicted octanol–water partition coefficient (Wildman–Crippen LogP) is 1.34. The standard InChI is InChI=1S/C10H17N3/c1(2-10-12-6-7-13-10)5-11-8-9-3-4-9/h6-7,9,11H,1-5,8H2,(H,12,13). The third kappa shape index (κ3) is 3.19. The van der Waals surface area contributed by atoms with E-state index in [-0.39, 0.29) is 0 Å². The highest BCUT2D eigenvalue weighted by molar-refractivity contribution is 4.86. The summed E-state index contributed by atoms with van der Waals surface area (Å²) < 4.78 is 0. The van der Waals surface area contributed by atoms with Crippen LogP contribution in [0.15, 0.2) is 12.4 Å². The van der Waals surface area contributed by atoms with Gasteiger partial charge in [-0.25, -0.2) is 4.98 Å². The summed E-state index contributed by atoms with van der Waals surface area (Å²) in [5, 5.41) is 3.47. The van der Waals surface area contributed by atoms with E-state index in [2.05, 4.69) is 15.3 Å². The van der Waals surface area contributed by atoms with Crippen LogP contribution in [0.2, 0.25) is 0 Å². The van der Waals surface area contributed by atoms with Gasteiger partial charge in [-0.3, -0.25) is 0 Å². The summed E-state index contributed by atoms with van der Waals surface area (Å²) in [5.41, 5.74) is 0. The molecule has 0 spiro atoms. The van der Waals surface area contributed by atoms with E-state index in [4.69, 9.17) is 0 Å². The van der Waals surface area contributed by atoms with Crippen molar-refractivity contribution in [3.63, 3.8) is 0 Å². The predicted molar refractivity (Wildman–Crippen MR) is 52.5 cm³/mol. The molecule has 2 N–H and O–H groups in total. The Labute approximate surface area is 79.0 Å². The van der Waals surface area contributed by atoms with Crippen LogP contribution >= 0.6 is 0 Å². The van der Waals surface area contributed by atoms with Crippen LogP contribution in [0.1, 0.15) is 25.1 Å². The molecule has 1 aliphatic rings. The van der Waals surface area contributed by atoms with Crippen molar-refractivity contribution >= 4 is 0 Å². The molecule has 13 heavy (non-hydrogen) atoms. The molecule has 0 aliphatic heterocycles. The molecule has 0 unspecified atom stereocenters. The molecule has 1 heterocycles. The van der Waals surface area contributed by atoms with E-state index < -0.39 is 0 Å². The first-order valence-corrected chi connectivity index (χ1v) is 5.14. The van der Waals surface area contributed by atoms with Gasteiger partial charge in [0.15, 0.2) is 0 Å². The van der Waals surface area contributed by atoms with E-state index in [9.17, 15) is 0 Å². The Balaban J connectivity index is 1.48. The molecule has 3 heteroatoms. The minimum atomic E-state index is 0.989. The van der Waals surface area contributed by atoms with Gasteiger partial charge in [-0.15, -0.1) is 0 Å². The zero-order valence-corrected chi connectivity index (χ0v) is 7.92. The summed E-state index contributed by atoms with van der Waals surface area (Å²) in [6, 6.07) is 0. The van der Waals surface area contributed by atoms with Crippen molar-refractivity contribution in [3.05, 3.63) is 18.2 Å². The maximum atomic E-state index is 4.18. The number of aromatic nitrogens is 2. The Morgan fingerprint density at radius 1 is 1.54 bits per heavy atom. The Morgan fingerprint density at radius 2 is 2.46 bits per heavy atom. The van der Waals surface area contributed by atoms with Gasteiger partial charge in [0, 0.05) is 18.8 Å². The van der Waals surface area contributed by atoms with Gasteiger partial charge in [0.1, 0.15) is 5.82 Å². The zero-order valence-electron chi connectivity index (χ0n) is 7.92. The van der Waals surface area contributed by atoms with Crippen molar-refractivity contribution in [3.8, 4) is 0 Å². The van der Waals surface area contributed by atoms with Crippen molar-refractivity contribution in [2.75, 3.05) is 13.1 Å². The molecular formula is C10H17N3.